The molecular weight excluding hydrogens is 132 g/mol. The molecule has 0 unspecified atom stereocenters. The Bertz CT molecular complexity index is 49.5. The zero-order chi connectivity index (χ0) is 4.12. The maximum Gasteiger partial charge on any atom is 0.156 e. The van der Waals surface area contributed by atoms with Gasteiger partial charge in [0.2, 0.25) is 0 Å². The van der Waals surface area contributed by atoms with Gasteiger partial charge in [-0.3, -0.25) is 0 Å². The maximum atomic E-state index is 6.00. The van der Waals surface area contributed by atoms with Crippen molar-refractivity contribution in [2.24, 2.45) is 16.1 Å². The molecule has 0 spiro atoms. The topological polar surface area (TPSA) is 74.6 Å². The summed E-state index contributed by atoms with van der Waals surface area (Å²) in [7, 11) is 0. The molecule has 4 nitrogen and oxygen atoms in total. The minimum absolute atomic E-state index is 0. The molecule has 0 saturated heterocycles. The van der Waals surface area contributed by atoms with Gasteiger partial charge in [-0.05, 0) is 0 Å². The number of nitrogens with two attached hydrogens (primary N) is 1. The Morgan fingerprint density at radius 1 is 1.67 bits per heavy atom. The Morgan fingerprint density at radius 3 is 2.17 bits per heavy atom. The van der Waals surface area contributed by atoms with Crippen molar-refractivity contribution in [2.75, 3.05) is 0 Å². The second kappa shape index (κ2) is 8.82. The molecule has 1 radical (unpaired) electrons. The van der Waals surface area contributed by atoms with Crippen LogP contribution in [-0.4, -0.2) is 6.34 Å². The maximum absolute atomic E-state index is 6.00. The van der Waals surface area contributed by atoms with Crippen molar-refractivity contribution >= 4 is 6.34 Å². The number of hydrogen-bond acceptors (Lipinski definition) is 3. The Morgan fingerprint density at radius 2 is 2.17 bits per heavy atom. The molecule has 0 rings (SSSR count). The summed E-state index contributed by atoms with van der Waals surface area (Å²) in [5.74, 6) is 4.49. The average molecular weight is 136 g/mol. The summed E-state index contributed by atoms with van der Waals surface area (Å²) in [5, 5.41) is 5.56. The van der Waals surface area contributed by atoms with E-state index in [1.165, 1.54) is 0 Å². The van der Waals surface area contributed by atoms with E-state index in [1.807, 2.05) is 0 Å². The van der Waals surface area contributed by atoms with Crippen molar-refractivity contribution in [1.29, 1.82) is 5.53 Å². The average Bonchev–Trinajstić information content (AvgIpc) is 1.41. The van der Waals surface area contributed by atoms with Crippen molar-refractivity contribution in [1.82, 2.24) is 0 Å². The van der Waals surface area contributed by atoms with Crippen molar-refractivity contribution in [3.05, 3.63) is 0 Å². The third kappa shape index (κ3) is 9.53. The zero-order valence-electron chi connectivity index (χ0n) is 2.85. The quantitative estimate of drug-likeness (QED) is 0.130. The van der Waals surface area contributed by atoms with Crippen molar-refractivity contribution in [3.63, 3.8) is 0 Å². The van der Waals surface area contributed by atoms with Crippen LogP contribution >= 0.6 is 0 Å². The summed E-state index contributed by atoms with van der Waals surface area (Å²) in [6.45, 7) is 0. The van der Waals surface area contributed by atoms with E-state index in [0.717, 1.165) is 6.34 Å². The van der Waals surface area contributed by atoms with Gasteiger partial charge in [0, 0.05) is 17.1 Å². The molecule has 0 aromatic rings. The standard InChI is InChI=1S/CH4N4.Cu/c2-4-1-5-3;/h1-2H,3H2;/b4-2?,5-1+;. The molecular formula is CH4CuN4. The van der Waals surface area contributed by atoms with Crippen molar-refractivity contribution in [3.8, 4) is 0 Å². The first-order chi connectivity index (χ1) is 2.41. The summed E-state index contributed by atoms with van der Waals surface area (Å²) in [4.78, 5) is 0. The van der Waals surface area contributed by atoms with Gasteiger partial charge in [-0.25, -0.2) is 5.53 Å². The summed E-state index contributed by atoms with van der Waals surface area (Å²) < 4.78 is 0. The first kappa shape index (κ1) is 9.14. The zero-order valence-corrected chi connectivity index (χ0v) is 3.79. The minimum atomic E-state index is 0. The number of nitrogens with zero attached hydrogens (tertiary/aromatic N) is 2. The summed E-state index contributed by atoms with van der Waals surface area (Å²) in [6, 6.07) is 0. The Balaban J connectivity index is 0. The van der Waals surface area contributed by atoms with Gasteiger partial charge in [-0.2, -0.15) is 5.10 Å². The van der Waals surface area contributed by atoms with E-state index >= 15 is 0 Å². The first-order valence-corrected chi connectivity index (χ1v) is 0.998. The third-order valence-electron chi connectivity index (χ3n) is 0.124. The van der Waals surface area contributed by atoms with Crippen LogP contribution < -0.4 is 5.84 Å². The largest absolute Gasteiger partial charge is 0.322 e. The molecule has 0 bridgehead atoms. The van der Waals surface area contributed by atoms with Gasteiger partial charge in [0.15, 0.2) is 6.34 Å². The van der Waals surface area contributed by atoms with Crippen LogP contribution in [0.4, 0.5) is 0 Å². The van der Waals surface area contributed by atoms with Crippen LogP contribution in [0.2, 0.25) is 0 Å². The molecule has 6 heavy (non-hydrogen) atoms. The van der Waals surface area contributed by atoms with Gasteiger partial charge in [0.25, 0.3) is 0 Å². The van der Waals surface area contributed by atoms with Crippen molar-refractivity contribution < 1.29 is 17.1 Å². The SMILES string of the molecule is N=N/C=N/N.[Cu]. The van der Waals surface area contributed by atoms with Crippen LogP contribution in [0, 0.1) is 5.53 Å². The fraction of sp³-hybridized carbons (Fsp3) is 0. The molecule has 0 aliphatic rings. The van der Waals surface area contributed by atoms with Crippen LogP contribution in [0.3, 0.4) is 0 Å². The summed E-state index contributed by atoms with van der Waals surface area (Å²) in [5.41, 5.74) is 6.00. The summed E-state index contributed by atoms with van der Waals surface area (Å²) in [6.07, 6.45) is 0.944. The van der Waals surface area contributed by atoms with Crippen LogP contribution in [0.5, 0.6) is 0 Å². The molecule has 0 aliphatic carbocycles. The van der Waals surface area contributed by atoms with Gasteiger partial charge in [0.1, 0.15) is 0 Å². The predicted molar refractivity (Wildman–Crippen MR) is 17.8 cm³/mol. The monoisotopic (exact) mass is 135 g/mol. The van der Waals surface area contributed by atoms with E-state index in [9.17, 15) is 0 Å². The normalized spacial score (nSPS) is 7.33. The molecule has 0 heterocycles. The van der Waals surface area contributed by atoms with E-state index in [-0.39, 0.29) is 17.1 Å². The molecule has 0 amide bonds. The van der Waals surface area contributed by atoms with Crippen LogP contribution in [-0.2, 0) is 17.1 Å². The van der Waals surface area contributed by atoms with E-state index in [1.54, 1.807) is 0 Å². The molecule has 0 atom stereocenters. The Hall–Kier alpha value is -0.411. The van der Waals surface area contributed by atoms with Gasteiger partial charge in [-0.15, -0.1) is 5.11 Å². The molecule has 3 N–H and O–H groups in total. The molecule has 0 aromatic heterocycles. The minimum Gasteiger partial charge on any atom is -0.322 e. The molecule has 0 fully saturated rings. The second-order valence-corrected chi connectivity index (χ2v) is 0.394. The molecule has 0 aliphatic heterocycles. The number of rotatable bonds is 1. The van der Waals surface area contributed by atoms with Gasteiger partial charge in [-0.1, -0.05) is 0 Å². The van der Waals surface area contributed by atoms with Crippen LogP contribution in [0.15, 0.2) is 10.2 Å². The molecule has 0 aromatic carbocycles. The predicted octanol–water partition coefficient (Wildman–Crippen LogP) is -0.0831. The van der Waals surface area contributed by atoms with Crippen molar-refractivity contribution in [2.45, 2.75) is 0 Å². The van der Waals surface area contributed by atoms with E-state index in [0.29, 0.717) is 0 Å². The Kier molecular flexibility index (Phi) is 13.4. The number of hydrazone groups is 1. The third-order valence-corrected chi connectivity index (χ3v) is 0.124. The fourth-order valence-electron chi connectivity index (χ4n) is 0.0333. The number of nitrogens with one attached hydrogen (secondary N) is 1. The Labute approximate surface area is 45.8 Å². The van der Waals surface area contributed by atoms with Gasteiger partial charge in [0.05, 0.1) is 0 Å². The molecule has 0 saturated carbocycles. The van der Waals surface area contributed by atoms with E-state index in [4.69, 9.17) is 5.53 Å². The van der Waals surface area contributed by atoms with Gasteiger partial charge < -0.3 is 5.84 Å². The molecule has 39 valence electrons. The van der Waals surface area contributed by atoms with Gasteiger partial charge >= 0.3 is 0 Å². The fourth-order valence-corrected chi connectivity index (χ4v) is 0.0333. The number of hydrogen-bond donors (Lipinski definition) is 2. The van der Waals surface area contributed by atoms with Crippen LogP contribution in [0.25, 0.3) is 0 Å². The second-order valence-electron chi connectivity index (χ2n) is 0.394. The van der Waals surface area contributed by atoms with E-state index < -0.39 is 0 Å². The van der Waals surface area contributed by atoms with Crippen LogP contribution in [0.1, 0.15) is 0 Å². The summed E-state index contributed by atoms with van der Waals surface area (Å²) >= 11 is 0. The smallest absolute Gasteiger partial charge is 0.156 e. The molecule has 5 heteroatoms. The van der Waals surface area contributed by atoms with E-state index in [2.05, 4.69) is 16.1 Å². The first-order valence-electron chi connectivity index (χ1n) is 0.998.